The first kappa shape index (κ1) is 39.1. The van der Waals surface area contributed by atoms with Crippen molar-refractivity contribution in [2.24, 2.45) is 0 Å². The van der Waals surface area contributed by atoms with Crippen LogP contribution in [0.15, 0.2) is 30.3 Å². The smallest absolute Gasteiger partial charge is 0.410 e. The quantitative estimate of drug-likeness (QED) is 0.255. The summed E-state index contributed by atoms with van der Waals surface area (Å²) < 4.78 is 39.1. The van der Waals surface area contributed by atoms with Crippen LogP contribution in [-0.4, -0.2) is 132 Å². The Hall–Kier alpha value is -4.43. The second kappa shape index (κ2) is 15.6. The molecule has 0 aliphatic carbocycles. The SMILES string of the molecule is CCc1c(F)ccc2cccc(N3CCc4c(nc(OC[C@]56CCCN5[C@@H](COC(=O)N5CCOCC5)CC6)nc4N4C[C@H]5CC[C@@H](C4)N5C(=O)OC(C)(C)C)C3)c12. The van der Waals surface area contributed by atoms with Gasteiger partial charge in [-0.25, -0.2) is 14.0 Å². The number of fused-ring (bicyclic) bond motifs is 5. The number of morpholine rings is 1. The summed E-state index contributed by atoms with van der Waals surface area (Å²) in [7, 11) is 0. The van der Waals surface area contributed by atoms with Crippen LogP contribution in [0.25, 0.3) is 10.8 Å². The fourth-order valence-corrected chi connectivity index (χ4v) is 10.6. The zero-order chi connectivity index (χ0) is 40.2. The number of nitrogens with zero attached hydrogens (tertiary/aromatic N) is 7. The van der Waals surface area contributed by atoms with Crippen LogP contribution < -0.4 is 14.5 Å². The van der Waals surface area contributed by atoms with Crippen molar-refractivity contribution in [1.29, 1.82) is 0 Å². The monoisotopic (exact) mass is 799 g/mol. The zero-order valence-electron chi connectivity index (χ0n) is 34.5. The topological polar surface area (TPSA) is 113 Å². The molecule has 2 aromatic carbocycles. The van der Waals surface area contributed by atoms with E-state index in [4.69, 9.17) is 28.9 Å². The zero-order valence-corrected chi connectivity index (χ0v) is 34.5. The van der Waals surface area contributed by atoms with Crippen molar-refractivity contribution in [3.05, 3.63) is 53.0 Å². The lowest BCUT2D eigenvalue weighted by Gasteiger charge is -2.43. The van der Waals surface area contributed by atoms with Crippen LogP contribution in [0.2, 0.25) is 0 Å². The molecule has 5 fully saturated rings. The largest absolute Gasteiger partial charge is 0.461 e. The Bertz CT molecular complexity index is 2030. The molecule has 2 bridgehead atoms. The van der Waals surface area contributed by atoms with Crippen LogP contribution >= 0.6 is 0 Å². The molecule has 58 heavy (non-hydrogen) atoms. The molecule has 5 saturated heterocycles. The van der Waals surface area contributed by atoms with Crippen molar-refractivity contribution in [1.82, 2.24) is 24.7 Å². The molecule has 4 atom stereocenters. The van der Waals surface area contributed by atoms with Gasteiger partial charge in [0.2, 0.25) is 0 Å². The highest BCUT2D eigenvalue weighted by atomic mass is 19.1. The number of carbonyl (C=O) groups excluding carboxylic acids is 2. The van der Waals surface area contributed by atoms with Crippen LogP contribution in [0.5, 0.6) is 6.01 Å². The maximum atomic E-state index is 15.2. The van der Waals surface area contributed by atoms with Crippen molar-refractivity contribution in [3.63, 3.8) is 0 Å². The van der Waals surface area contributed by atoms with Crippen LogP contribution in [0.4, 0.5) is 25.5 Å². The average molecular weight is 800 g/mol. The molecule has 0 radical (unpaired) electrons. The number of carbonyl (C=O) groups is 2. The average Bonchev–Trinajstić information content (AvgIpc) is 3.87. The fourth-order valence-electron chi connectivity index (χ4n) is 10.6. The molecule has 312 valence electrons. The minimum Gasteiger partial charge on any atom is -0.461 e. The van der Waals surface area contributed by atoms with Gasteiger partial charge in [-0.05, 0) is 102 Å². The lowest BCUT2D eigenvalue weighted by atomic mass is 9.95. The van der Waals surface area contributed by atoms with Gasteiger partial charge < -0.3 is 33.6 Å². The molecule has 2 amide bonds. The summed E-state index contributed by atoms with van der Waals surface area (Å²) >= 11 is 0. The highest BCUT2D eigenvalue weighted by Gasteiger charge is 2.51. The molecule has 0 spiro atoms. The van der Waals surface area contributed by atoms with Crippen LogP contribution in [-0.2, 0) is 33.6 Å². The van der Waals surface area contributed by atoms with E-state index < -0.39 is 5.60 Å². The number of ether oxygens (including phenoxy) is 4. The van der Waals surface area contributed by atoms with Gasteiger partial charge >= 0.3 is 18.2 Å². The molecule has 14 heteroatoms. The van der Waals surface area contributed by atoms with E-state index in [-0.39, 0.29) is 41.7 Å². The van der Waals surface area contributed by atoms with Gasteiger partial charge in [0.15, 0.2) is 0 Å². The first-order chi connectivity index (χ1) is 28.0. The minimum atomic E-state index is -0.563. The predicted molar refractivity (Wildman–Crippen MR) is 218 cm³/mol. The first-order valence-electron chi connectivity index (χ1n) is 21.5. The maximum Gasteiger partial charge on any atom is 0.410 e. The molecule has 0 unspecified atom stereocenters. The van der Waals surface area contributed by atoms with Crippen LogP contribution in [0.1, 0.15) is 83.0 Å². The Morgan fingerprint density at radius 3 is 2.50 bits per heavy atom. The third-order valence-electron chi connectivity index (χ3n) is 13.3. The highest BCUT2D eigenvalue weighted by Crippen LogP contribution is 2.44. The van der Waals surface area contributed by atoms with Crippen molar-refractivity contribution in [2.75, 3.05) is 75.5 Å². The number of hydrogen-bond acceptors (Lipinski definition) is 11. The number of benzene rings is 2. The number of piperazine rings is 1. The first-order valence-corrected chi connectivity index (χ1v) is 21.5. The minimum absolute atomic E-state index is 0.0282. The van der Waals surface area contributed by atoms with Crippen LogP contribution in [0.3, 0.4) is 0 Å². The summed E-state index contributed by atoms with van der Waals surface area (Å²) in [5, 5.41) is 1.99. The van der Waals surface area contributed by atoms with Gasteiger partial charge in [0.1, 0.15) is 30.4 Å². The van der Waals surface area contributed by atoms with Gasteiger partial charge in [-0.3, -0.25) is 9.80 Å². The third-order valence-corrected chi connectivity index (χ3v) is 13.3. The molecule has 3 aromatic rings. The fraction of sp³-hybridized carbons (Fsp3) is 0.636. The molecule has 6 aliphatic rings. The summed E-state index contributed by atoms with van der Waals surface area (Å²) in [5.41, 5.74) is 3.03. The van der Waals surface area contributed by atoms with E-state index in [0.29, 0.717) is 71.6 Å². The van der Waals surface area contributed by atoms with Crippen molar-refractivity contribution >= 4 is 34.5 Å². The summed E-state index contributed by atoms with van der Waals surface area (Å²) in [5.74, 6) is 0.712. The number of aryl methyl sites for hydroxylation is 1. The van der Waals surface area contributed by atoms with Gasteiger partial charge in [0.25, 0.3) is 0 Å². The molecule has 9 rings (SSSR count). The number of rotatable bonds is 8. The van der Waals surface area contributed by atoms with E-state index >= 15 is 4.39 Å². The normalized spacial score (nSPS) is 25.9. The highest BCUT2D eigenvalue weighted by molar-refractivity contribution is 5.97. The number of aromatic nitrogens is 2. The van der Waals surface area contributed by atoms with Gasteiger partial charge in [-0.2, -0.15) is 9.97 Å². The summed E-state index contributed by atoms with van der Waals surface area (Å²) in [6.07, 6.45) is 6.59. The molecular formula is C44H58FN7O6. The Morgan fingerprint density at radius 1 is 0.948 bits per heavy atom. The Kier molecular flexibility index (Phi) is 10.5. The molecule has 1 aromatic heterocycles. The summed E-state index contributed by atoms with van der Waals surface area (Å²) in [6.45, 7) is 14.3. The third kappa shape index (κ3) is 7.39. The predicted octanol–water partition coefficient (Wildman–Crippen LogP) is 6.33. The number of amides is 2. The van der Waals surface area contributed by atoms with Crippen LogP contribution in [0, 0.1) is 5.82 Å². The van der Waals surface area contributed by atoms with E-state index in [0.717, 1.165) is 97.1 Å². The molecule has 0 N–H and O–H groups in total. The standard InChI is InChI=1S/C44H58FN7O6/c1-5-33-35(45)13-10-29-8-6-9-37(38(29)33)49-19-15-34-36(26-49)46-40(47-39(34)50-24-30-11-12-31(25-50)52(30)42(54)58-43(2,3)4)57-28-44-16-7-18-51(44)32(14-17-44)27-56-41(53)48-20-22-55-23-21-48/h6,8-10,13,30-32H,5,7,11-12,14-28H2,1-4H3/t30-,31+,32-,44-/m1/s1. The van der Waals surface area contributed by atoms with Crippen molar-refractivity contribution < 1.29 is 32.9 Å². The van der Waals surface area contributed by atoms with Gasteiger partial charge in [-0.1, -0.05) is 25.1 Å². The molecule has 13 nitrogen and oxygen atoms in total. The number of hydrogen-bond donors (Lipinski definition) is 0. The summed E-state index contributed by atoms with van der Waals surface area (Å²) in [6, 6.07) is 10.2. The number of halogens is 1. The van der Waals surface area contributed by atoms with E-state index in [1.54, 1.807) is 11.0 Å². The van der Waals surface area contributed by atoms with Gasteiger partial charge in [-0.15, -0.1) is 0 Å². The molecular weight excluding hydrogens is 742 g/mol. The maximum absolute atomic E-state index is 15.2. The molecule has 6 aliphatic heterocycles. The second-order valence-electron chi connectivity index (χ2n) is 18.0. The van der Waals surface area contributed by atoms with E-state index in [1.165, 1.54) is 0 Å². The number of anilines is 2. The molecule has 7 heterocycles. The Morgan fingerprint density at radius 2 is 1.74 bits per heavy atom. The van der Waals surface area contributed by atoms with Gasteiger partial charge in [0.05, 0.1) is 43.1 Å². The van der Waals surface area contributed by atoms with Crippen molar-refractivity contribution in [3.8, 4) is 6.01 Å². The lowest BCUT2D eigenvalue weighted by Crippen LogP contribution is -2.57. The van der Waals surface area contributed by atoms with E-state index in [9.17, 15) is 9.59 Å². The second-order valence-corrected chi connectivity index (χ2v) is 18.0. The molecule has 0 saturated carbocycles. The van der Waals surface area contributed by atoms with Gasteiger partial charge in [0, 0.05) is 55.4 Å². The summed E-state index contributed by atoms with van der Waals surface area (Å²) in [4.78, 5) is 47.5. The Labute approximate surface area is 340 Å². The Balaban J connectivity index is 0.985. The lowest BCUT2D eigenvalue weighted by molar-refractivity contribution is 0.0120. The van der Waals surface area contributed by atoms with Crippen molar-refractivity contribution in [2.45, 2.75) is 115 Å². The van der Waals surface area contributed by atoms with E-state index in [2.05, 4.69) is 32.9 Å². The van der Waals surface area contributed by atoms with E-state index in [1.807, 2.05) is 38.7 Å².